The molecule has 0 heterocycles. The van der Waals surface area contributed by atoms with Gasteiger partial charge in [0.05, 0.1) is 21.3 Å². The Hall–Kier alpha value is -4.01. The third-order valence-corrected chi connectivity index (χ3v) is 4.58. The number of anilines is 1. The molecule has 2 aromatic carbocycles. The molecule has 0 atom stereocenters. The molecule has 0 aliphatic carbocycles. The number of methoxy groups -OCH3 is 3. The third kappa shape index (κ3) is 7.57. The molecule has 0 radical (unpaired) electrons. The first kappa shape index (κ1) is 25.3. The third-order valence-electron chi connectivity index (χ3n) is 4.58. The maximum Gasteiger partial charge on any atom is 0.251 e. The second-order valence-electron chi connectivity index (χ2n) is 6.82. The molecule has 2 aromatic rings. The molecule has 9 nitrogen and oxygen atoms in total. The van der Waals surface area contributed by atoms with E-state index in [1.54, 1.807) is 49.4 Å². The Labute approximate surface area is 193 Å². The molecule has 0 bridgehead atoms. The minimum absolute atomic E-state index is 0.0661. The highest BCUT2D eigenvalue weighted by Gasteiger charge is 2.12. The second kappa shape index (κ2) is 12.7. The molecule has 2 rings (SSSR count). The van der Waals surface area contributed by atoms with Gasteiger partial charge in [-0.25, -0.2) is 0 Å². The lowest BCUT2D eigenvalue weighted by atomic mass is 10.1. The van der Waals surface area contributed by atoms with E-state index in [1.807, 2.05) is 0 Å². The number of rotatable bonds is 11. The highest BCUT2D eigenvalue weighted by Crippen LogP contribution is 2.38. The number of carbonyl (C=O) groups is 3. The monoisotopic (exact) mass is 455 g/mol. The highest BCUT2D eigenvalue weighted by molar-refractivity contribution is 6.02. The van der Waals surface area contributed by atoms with Crippen LogP contribution in [0.4, 0.5) is 5.69 Å². The van der Waals surface area contributed by atoms with Crippen molar-refractivity contribution < 1.29 is 28.6 Å². The van der Waals surface area contributed by atoms with E-state index < -0.39 is 0 Å². The summed E-state index contributed by atoms with van der Waals surface area (Å²) in [7, 11) is 4.56. The lowest BCUT2D eigenvalue weighted by Gasteiger charge is -2.12. The van der Waals surface area contributed by atoms with Gasteiger partial charge in [0.25, 0.3) is 5.91 Å². The van der Waals surface area contributed by atoms with Gasteiger partial charge in [0, 0.05) is 36.8 Å². The van der Waals surface area contributed by atoms with E-state index in [1.165, 1.54) is 27.4 Å². The van der Waals surface area contributed by atoms with Gasteiger partial charge in [-0.05, 0) is 48.0 Å². The first-order valence-electron chi connectivity index (χ1n) is 10.4. The molecule has 0 spiro atoms. The van der Waals surface area contributed by atoms with Gasteiger partial charge in [0.15, 0.2) is 11.5 Å². The van der Waals surface area contributed by atoms with Gasteiger partial charge < -0.3 is 30.2 Å². The van der Waals surface area contributed by atoms with Crippen LogP contribution in [-0.2, 0) is 9.59 Å². The molecule has 0 aliphatic rings. The van der Waals surface area contributed by atoms with E-state index in [0.29, 0.717) is 53.6 Å². The Balaban J connectivity index is 1.93. The lowest BCUT2D eigenvalue weighted by Crippen LogP contribution is -2.34. The smallest absolute Gasteiger partial charge is 0.251 e. The quantitative estimate of drug-likeness (QED) is 0.354. The summed E-state index contributed by atoms with van der Waals surface area (Å²) in [5.74, 6) is 0.769. The van der Waals surface area contributed by atoms with Crippen LogP contribution in [0.1, 0.15) is 29.3 Å². The minimum atomic E-state index is -0.340. The molecular weight excluding hydrogens is 426 g/mol. The number of hydrogen-bond acceptors (Lipinski definition) is 6. The largest absolute Gasteiger partial charge is 0.493 e. The number of amides is 3. The summed E-state index contributed by atoms with van der Waals surface area (Å²) in [4.78, 5) is 35.6. The van der Waals surface area contributed by atoms with Crippen molar-refractivity contribution in [3.05, 3.63) is 53.6 Å². The van der Waals surface area contributed by atoms with Gasteiger partial charge in [-0.1, -0.05) is 6.92 Å². The molecule has 3 amide bonds. The number of nitrogens with one attached hydrogen (secondary N) is 3. The van der Waals surface area contributed by atoms with Crippen LogP contribution >= 0.6 is 0 Å². The molecule has 0 saturated heterocycles. The lowest BCUT2D eigenvalue weighted by molar-refractivity contribution is -0.120. The molecule has 0 fully saturated rings. The molecule has 3 N–H and O–H groups in total. The zero-order chi connectivity index (χ0) is 24.2. The van der Waals surface area contributed by atoms with Crippen LogP contribution in [0.5, 0.6) is 17.2 Å². The predicted molar refractivity (Wildman–Crippen MR) is 126 cm³/mol. The first-order valence-corrected chi connectivity index (χ1v) is 10.4. The Bertz CT molecular complexity index is 977. The van der Waals surface area contributed by atoms with Crippen molar-refractivity contribution in [2.45, 2.75) is 13.3 Å². The number of ether oxygens (including phenoxy) is 3. The van der Waals surface area contributed by atoms with E-state index in [0.717, 1.165) is 0 Å². The van der Waals surface area contributed by atoms with Crippen molar-refractivity contribution in [3.8, 4) is 17.2 Å². The zero-order valence-corrected chi connectivity index (χ0v) is 19.2. The van der Waals surface area contributed by atoms with Crippen LogP contribution in [0.3, 0.4) is 0 Å². The first-order chi connectivity index (χ1) is 15.9. The van der Waals surface area contributed by atoms with Crippen molar-refractivity contribution in [2.75, 3.05) is 39.7 Å². The zero-order valence-electron chi connectivity index (χ0n) is 19.2. The van der Waals surface area contributed by atoms with Crippen LogP contribution in [0.15, 0.2) is 42.5 Å². The number of benzene rings is 2. The van der Waals surface area contributed by atoms with Gasteiger partial charge >= 0.3 is 0 Å². The van der Waals surface area contributed by atoms with Crippen molar-refractivity contribution in [1.82, 2.24) is 10.6 Å². The van der Waals surface area contributed by atoms with Crippen LogP contribution in [0, 0.1) is 0 Å². The minimum Gasteiger partial charge on any atom is -0.493 e. The Morgan fingerprint density at radius 2 is 1.48 bits per heavy atom. The van der Waals surface area contributed by atoms with Crippen LogP contribution < -0.4 is 30.2 Å². The van der Waals surface area contributed by atoms with E-state index in [2.05, 4.69) is 16.0 Å². The average Bonchev–Trinajstić information content (AvgIpc) is 2.84. The summed E-state index contributed by atoms with van der Waals surface area (Å²) in [5.41, 5.74) is 1.69. The van der Waals surface area contributed by atoms with Crippen molar-refractivity contribution in [2.24, 2.45) is 0 Å². The Kier molecular flexibility index (Phi) is 9.76. The summed E-state index contributed by atoms with van der Waals surface area (Å²) in [5, 5.41) is 8.14. The van der Waals surface area contributed by atoms with E-state index in [4.69, 9.17) is 14.2 Å². The van der Waals surface area contributed by atoms with Crippen LogP contribution in [-0.4, -0.2) is 52.1 Å². The molecule has 0 saturated carbocycles. The molecule has 33 heavy (non-hydrogen) atoms. The van der Waals surface area contributed by atoms with Gasteiger partial charge in [-0.2, -0.15) is 0 Å². The summed E-state index contributed by atoms with van der Waals surface area (Å²) in [6, 6.07) is 9.95. The standard InChI is InChI=1S/C24H29N3O6/c1-5-21(28)25-12-13-26-24(30)17-7-9-18(10-8-17)27-22(29)11-6-16-14-19(31-2)23(33-4)20(15-16)32-3/h6-11,14-15H,5,12-13H2,1-4H3,(H,25,28)(H,26,30)(H,27,29)/b11-6+. The topological polar surface area (TPSA) is 115 Å². The summed E-state index contributed by atoms with van der Waals surface area (Å²) < 4.78 is 15.9. The van der Waals surface area contributed by atoms with Crippen LogP contribution in [0.2, 0.25) is 0 Å². The van der Waals surface area contributed by atoms with Gasteiger partial charge in [0.2, 0.25) is 17.6 Å². The molecule has 0 aliphatic heterocycles. The fourth-order valence-electron chi connectivity index (χ4n) is 2.86. The highest BCUT2D eigenvalue weighted by atomic mass is 16.5. The van der Waals surface area contributed by atoms with E-state index >= 15 is 0 Å². The van der Waals surface area contributed by atoms with Gasteiger partial charge in [0.1, 0.15) is 0 Å². The molecule has 9 heteroatoms. The Morgan fingerprint density at radius 3 is 2.03 bits per heavy atom. The van der Waals surface area contributed by atoms with Crippen molar-refractivity contribution >= 4 is 29.5 Å². The maximum absolute atomic E-state index is 12.3. The second-order valence-corrected chi connectivity index (χ2v) is 6.82. The van der Waals surface area contributed by atoms with E-state index in [9.17, 15) is 14.4 Å². The van der Waals surface area contributed by atoms with Gasteiger partial charge in [-0.15, -0.1) is 0 Å². The number of carbonyl (C=O) groups excluding carboxylic acids is 3. The Morgan fingerprint density at radius 1 is 0.879 bits per heavy atom. The fourth-order valence-corrected chi connectivity index (χ4v) is 2.86. The van der Waals surface area contributed by atoms with Crippen molar-refractivity contribution in [3.63, 3.8) is 0 Å². The number of hydrogen-bond donors (Lipinski definition) is 3. The maximum atomic E-state index is 12.3. The fraction of sp³-hybridized carbons (Fsp3) is 0.292. The van der Waals surface area contributed by atoms with Crippen LogP contribution in [0.25, 0.3) is 6.08 Å². The molecular formula is C24H29N3O6. The van der Waals surface area contributed by atoms with E-state index in [-0.39, 0.29) is 17.7 Å². The summed E-state index contributed by atoms with van der Waals surface area (Å²) in [6.07, 6.45) is 3.41. The molecule has 176 valence electrons. The normalized spacial score (nSPS) is 10.4. The average molecular weight is 456 g/mol. The summed E-state index contributed by atoms with van der Waals surface area (Å²) >= 11 is 0. The molecule has 0 unspecified atom stereocenters. The summed E-state index contributed by atoms with van der Waals surface area (Å²) in [6.45, 7) is 2.46. The van der Waals surface area contributed by atoms with Crippen molar-refractivity contribution in [1.29, 1.82) is 0 Å². The predicted octanol–water partition coefficient (Wildman–Crippen LogP) is 2.62. The van der Waals surface area contributed by atoms with Gasteiger partial charge in [-0.3, -0.25) is 14.4 Å². The SMILES string of the molecule is CCC(=O)NCCNC(=O)c1ccc(NC(=O)/C=C/c2cc(OC)c(OC)c(OC)c2)cc1. The molecule has 0 aromatic heterocycles.